The highest BCUT2D eigenvalue weighted by atomic mass is 79.9. The van der Waals surface area contributed by atoms with E-state index in [1.165, 1.54) is 0 Å². The van der Waals surface area contributed by atoms with Crippen molar-refractivity contribution in [3.05, 3.63) is 22.2 Å². The molecule has 1 aliphatic heterocycles. The summed E-state index contributed by atoms with van der Waals surface area (Å²) in [5, 5.41) is 16.7. The Labute approximate surface area is 115 Å². The maximum atomic E-state index is 10.1. The summed E-state index contributed by atoms with van der Waals surface area (Å²) in [6, 6.07) is 3.80. The van der Waals surface area contributed by atoms with Crippen molar-refractivity contribution < 1.29 is 9.84 Å². The molecule has 96 valence electrons. The molecule has 0 saturated carbocycles. The SMILES string of the molecule is COc1cc(Br)cc([C@H]2CNCCN2)c1O.Cl. The Morgan fingerprint density at radius 2 is 2.18 bits per heavy atom. The van der Waals surface area contributed by atoms with Gasteiger partial charge in [0.05, 0.1) is 7.11 Å². The lowest BCUT2D eigenvalue weighted by molar-refractivity contribution is 0.358. The number of methoxy groups -OCH3 is 1. The average molecular weight is 324 g/mol. The number of phenols is 1. The molecule has 0 aliphatic carbocycles. The molecule has 6 heteroatoms. The van der Waals surface area contributed by atoms with Crippen LogP contribution in [0, 0.1) is 0 Å². The third-order valence-electron chi connectivity index (χ3n) is 2.71. The lowest BCUT2D eigenvalue weighted by Crippen LogP contribution is -2.42. The Balaban J connectivity index is 0.00000144. The van der Waals surface area contributed by atoms with E-state index < -0.39 is 0 Å². The van der Waals surface area contributed by atoms with Gasteiger partial charge < -0.3 is 20.5 Å². The second-order valence-electron chi connectivity index (χ2n) is 3.76. The van der Waals surface area contributed by atoms with Crippen LogP contribution < -0.4 is 15.4 Å². The van der Waals surface area contributed by atoms with Crippen LogP contribution in [-0.4, -0.2) is 31.9 Å². The van der Waals surface area contributed by atoms with Crippen molar-refractivity contribution in [2.75, 3.05) is 26.7 Å². The van der Waals surface area contributed by atoms with Gasteiger partial charge in [0.25, 0.3) is 0 Å². The average Bonchev–Trinajstić information content (AvgIpc) is 2.33. The Bertz CT molecular complexity index is 384. The van der Waals surface area contributed by atoms with Gasteiger partial charge in [0, 0.05) is 35.7 Å². The molecule has 17 heavy (non-hydrogen) atoms. The molecular formula is C11H16BrClN2O2. The summed E-state index contributed by atoms with van der Waals surface area (Å²) in [7, 11) is 1.55. The predicted molar refractivity (Wildman–Crippen MR) is 73.2 cm³/mol. The molecule has 0 radical (unpaired) electrons. The summed E-state index contributed by atoms with van der Waals surface area (Å²) < 4.78 is 6.04. The molecule has 0 spiro atoms. The number of benzene rings is 1. The fourth-order valence-electron chi connectivity index (χ4n) is 1.89. The van der Waals surface area contributed by atoms with Crippen LogP contribution in [0.15, 0.2) is 16.6 Å². The Kier molecular flexibility index (Phi) is 5.52. The van der Waals surface area contributed by atoms with Gasteiger partial charge in [-0.2, -0.15) is 0 Å². The summed E-state index contributed by atoms with van der Waals surface area (Å²) in [6.45, 7) is 2.68. The second kappa shape index (κ2) is 6.44. The van der Waals surface area contributed by atoms with E-state index in [0.29, 0.717) is 5.75 Å². The maximum absolute atomic E-state index is 10.1. The third kappa shape index (κ3) is 3.25. The van der Waals surface area contributed by atoms with Crippen LogP contribution in [0.25, 0.3) is 0 Å². The van der Waals surface area contributed by atoms with E-state index in [1.54, 1.807) is 13.2 Å². The van der Waals surface area contributed by atoms with E-state index in [2.05, 4.69) is 26.6 Å². The molecule has 1 heterocycles. The number of nitrogens with one attached hydrogen (secondary N) is 2. The van der Waals surface area contributed by atoms with Crippen LogP contribution in [0.1, 0.15) is 11.6 Å². The van der Waals surface area contributed by atoms with Gasteiger partial charge in [-0.3, -0.25) is 0 Å². The van der Waals surface area contributed by atoms with Gasteiger partial charge in [-0.05, 0) is 12.1 Å². The van der Waals surface area contributed by atoms with Gasteiger partial charge in [0.15, 0.2) is 11.5 Å². The molecule has 1 aliphatic rings. The van der Waals surface area contributed by atoms with Crippen LogP contribution >= 0.6 is 28.3 Å². The number of piperazine rings is 1. The molecular weight excluding hydrogens is 307 g/mol. The van der Waals surface area contributed by atoms with Crippen molar-refractivity contribution in [2.45, 2.75) is 6.04 Å². The molecule has 4 nitrogen and oxygen atoms in total. The first-order valence-corrected chi connectivity index (χ1v) is 6.02. The number of rotatable bonds is 2. The molecule has 2 rings (SSSR count). The fourth-order valence-corrected chi connectivity index (χ4v) is 2.34. The smallest absolute Gasteiger partial charge is 0.162 e. The largest absolute Gasteiger partial charge is 0.504 e. The zero-order valence-electron chi connectivity index (χ0n) is 9.50. The maximum Gasteiger partial charge on any atom is 0.162 e. The fraction of sp³-hybridized carbons (Fsp3) is 0.455. The van der Waals surface area contributed by atoms with Gasteiger partial charge in [-0.15, -0.1) is 12.4 Å². The standard InChI is InChI=1S/C11H15BrN2O2.ClH/c1-16-10-5-7(12)4-8(11(10)15)9-6-13-2-3-14-9;/h4-5,9,13-15H,2-3,6H2,1H3;1H/t9-;/m1./s1. The van der Waals surface area contributed by atoms with E-state index in [1.807, 2.05) is 6.07 Å². The number of halogens is 2. The van der Waals surface area contributed by atoms with Crippen LogP contribution in [0.5, 0.6) is 11.5 Å². The number of phenolic OH excluding ortho intramolecular Hbond substituents is 1. The van der Waals surface area contributed by atoms with Crippen molar-refractivity contribution in [1.29, 1.82) is 0 Å². The highest BCUT2D eigenvalue weighted by molar-refractivity contribution is 9.10. The van der Waals surface area contributed by atoms with Crippen LogP contribution in [0.3, 0.4) is 0 Å². The molecule has 1 aromatic rings. The van der Waals surface area contributed by atoms with Gasteiger partial charge in [-0.1, -0.05) is 15.9 Å². The van der Waals surface area contributed by atoms with Gasteiger partial charge >= 0.3 is 0 Å². The van der Waals surface area contributed by atoms with E-state index in [4.69, 9.17) is 4.74 Å². The Morgan fingerprint density at radius 3 is 2.76 bits per heavy atom. The molecule has 1 aromatic carbocycles. The van der Waals surface area contributed by atoms with Crippen LogP contribution in [0.4, 0.5) is 0 Å². The first-order valence-electron chi connectivity index (χ1n) is 5.23. The zero-order valence-corrected chi connectivity index (χ0v) is 11.9. The van der Waals surface area contributed by atoms with Crippen molar-refractivity contribution >= 4 is 28.3 Å². The molecule has 0 aromatic heterocycles. The molecule has 1 fully saturated rings. The Morgan fingerprint density at radius 1 is 1.41 bits per heavy atom. The van der Waals surface area contributed by atoms with E-state index in [-0.39, 0.29) is 24.2 Å². The number of hydrogen-bond acceptors (Lipinski definition) is 4. The van der Waals surface area contributed by atoms with Crippen molar-refractivity contribution in [2.24, 2.45) is 0 Å². The second-order valence-corrected chi connectivity index (χ2v) is 4.67. The summed E-state index contributed by atoms with van der Waals surface area (Å²) in [5.41, 5.74) is 0.860. The topological polar surface area (TPSA) is 53.5 Å². The minimum atomic E-state index is 0. The summed E-state index contributed by atoms with van der Waals surface area (Å²) >= 11 is 3.42. The third-order valence-corrected chi connectivity index (χ3v) is 3.16. The van der Waals surface area contributed by atoms with E-state index >= 15 is 0 Å². The summed E-state index contributed by atoms with van der Waals surface area (Å²) in [5.74, 6) is 0.712. The monoisotopic (exact) mass is 322 g/mol. The first kappa shape index (κ1) is 14.6. The quantitative estimate of drug-likeness (QED) is 0.777. The number of ether oxygens (including phenoxy) is 1. The minimum absolute atomic E-state index is 0. The number of hydrogen-bond donors (Lipinski definition) is 3. The van der Waals surface area contributed by atoms with Crippen molar-refractivity contribution in [3.63, 3.8) is 0 Å². The molecule has 3 N–H and O–H groups in total. The van der Waals surface area contributed by atoms with Gasteiger partial charge in [0.2, 0.25) is 0 Å². The highest BCUT2D eigenvalue weighted by Crippen LogP contribution is 2.36. The lowest BCUT2D eigenvalue weighted by Gasteiger charge is -2.26. The van der Waals surface area contributed by atoms with E-state index in [0.717, 1.165) is 29.7 Å². The Hall–Kier alpha value is -0.490. The molecule has 0 bridgehead atoms. The minimum Gasteiger partial charge on any atom is -0.504 e. The van der Waals surface area contributed by atoms with E-state index in [9.17, 15) is 5.11 Å². The van der Waals surface area contributed by atoms with Gasteiger partial charge in [-0.25, -0.2) is 0 Å². The molecule has 0 amide bonds. The number of aromatic hydroxyl groups is 1. The first-order chi connectivity index (χ1) is 7.72. The van der Waals surface area contributed by atoms with Crippen molar-refractivity contribution in [1.82, 2.24) is 10.6 Å². The van der Waals surface area contributed by atoms with Crippen LogP contribution in [-0.2, 0) is 0 Å². The highest BCUT2D eigenvalue weighted by Gasteiger charge is 2.20. The van der Waals surface area contributed by atoms with Crippen molar-refractivity contribution in [3.8, 4) is 11.5 Å². The molecule has 1 saturated heterocycles. The molecule has 1 atom stereocenters. The predicted octanol–water partition coefficient (Wildman–Crippen LogP) is 1.82. The van der Waals surface area contributed by atoms with Gasteiger partial charge in [0.1, 0.15) is 0 Å². The zero-order chi connectivity index (χ0) is 11.5. The molecule has 0 unspecified atom stereocenters. The lowest BCUT2D eigenvalue weighted by atomic mass is 10.0. The summed E-state index contributed by atoms with van der Waals surface area (Å²) in [6.07, 6.45) is 0. The summed E-state index contributed by atoms with van der Waals surface area (Å²) in [4.78, 5) is 0. The van der Waals surface area contributed by atoms with Crippen LogP contribution in [0.2, 0.25) is 0 Å². The normalized spacial score (nSPS) is 19.5.